The number of amides is 1. The lowest BCUT2D eigenvalue weighted by Gasteiger charge is -2.36. The van der Waals surface area contributed by atoms with Crippen molar-refractivity contribution < 1.29 is 4.79 Å². The molecule has 1 amide bonds. The summed E-state index contributed by atoms with van der Waals surface area (Å²) >= 11 is 6.28. The van der Waals surface area contributed by atoms with Crippen molar-refractivity contribution in [2.75, 3.05) is 31.1 Å². The second-order valence-corrected chi connectivity index (χ2v) is 7.74. The van der Waals surface area contributed by atoms with Crippen LogP contribution < -0.4 is 4.90 Å². The summed E-state index contributed by atoms with van der Waals surface area (Å²) in [6, 6.07) is 15.6. The molecule has 0 saturated carbocycles. The van der Waals surface area contributed by atoms with Crippen molar-refractivity contribution in [3.05, 3.63) is 77.8 Å². The Morgan fingerprint density at radius 1 is 0.903 bits per heavy atom. The van der Waals surface area contributed by atoms with Gasteiger partial charge in [-0.15, -0.1) is 0 Å². The third kappa shape index (κ3) is 3.92. The highest BCUT2D eigenvalue weighted by Gasteiger charge is 2.25. The summed E-state index contributed by atoms with van der Waals surface area (Å²) in [5.41, 5.74) is 2.30. The van der Waals surface area contributed by atoms with E-state index in [2.05, 4.69) is 14.9 Å². The van der Waals surface area contributed by atoms with Crippen LogP contribution in [-0.2, 0) is 0 Å². The quantitative estimate of drug-likeness (QED) is 0.493. The molecule has 1 aliphatic rings. The van der Waals surface area contributed by atoms with E-state index in [1.54, 1.807) is 12.4 Å². The second-order valence-electron chi connectivity index (χ2n) is 7.30. The van der Waals surface area contributed by atoms with Crippen molar-refractivity contribution in [1.29, 1.82) is 0 Å². The van der Waals surface area contributed by atoms with Crippen molar-refractivity contribution >= 4 is 34.2 Å². The normalized spacial score (nSPS) is 14.1. The molecule has 0 atom stereocenters. The van der Waals surface area contributed by atoms with Gasteiger partial charge in [0.05, 0.1) is 11.1 Å². The number of rotatable bonds is 3. The lowest BCUT2D eigenvalue weighted by atomic mass is 10.1. The summed E-state index contributed by atoms with van der Waals surface area (Å²) in [4.78, 5) is 34.3. The number of benzene rings is 2. The van der Waals surface area contributed by atoms with Crippen molar-refractivity contribution in [2.45, 2.75) is 0 Å². The third-order valence-electron chi connectivity index (χ3n) is 5.34. The van der Waals surface area contributed by atoms with Crippen LogP contribution in [0, 0.1) is 0 Å². The van der Waals surface area contributed by atoms with E-state index in [4.69, 9.17) is 21.6 Å². The van der Waals surface area contributed by atoms with E-state index in [1.807, 2.05) is 53.4 Å². The molecule has 0 bridgehead atoms. The fourth-order valence-electron chi connectivity index (χ4n) is 3.76. The predicted octanol–water partition coefficient (Wildman–Crippen LogP) is 3.70. The molecular weight excluding hydrogens is 412 g/mol. The number of carbonyl (C=O) groups excluding carboxylic acids is 1. The average molecular weight is 431 g/mol. The molecule has 2 aromatic carbocycles. The first-order chi connectivity index (χ1) is 15.2. The number of halogens is 1. The summed E-state index contributed by atoms with van der Waals surface area (Å²) < 4.78 is 0. The molecule has 31 heavy (non-hydrogen) atoms. The van der Waals surface area contributed by atoms with Gasteiger partial charge in [0, 0.05) is 54.5 Å². The maximum absolute atomic E-state index is 12.7. The highest BCUT2D eigenvalue weighted by molar-refractivity contribution is 6.31. The van der Waals surface area contributed by atoms with E-state index in [0.29, 0.717) is 42.6 Å². The van der Waals surface area contributed by atoms with Gasteiger partial charge >= 0.3 is 0 Å². The summed E-state index contributed by atoms with van der Waals surface area (Å²) in [6.07, 6.45) is 4.52. The number of carbonyl (C=O) groups is 1. The Labute approximate surface area is 184 Å². The van der Waals surface area contributed by atoms with Crippen molar-refractivity contribution in [1.82, 2.24) is 24.8 Å². The van der Waals surface area contributed by atoms with E-state index in [1.165, 1.54) is 6.33 Å². The Morgan fingerprint density at radius 3 is 2.39 bits per heavy atom. The Kier molecular flexibility index (Phi) is 5.18. The molecule has 8 heteroatoms. The maximum Gasteiger partial charge on any atom is 0.257 e. The van der Waals surface area contributed by atoms with Crippen LogP contribution in [-0.4, -0.2) is 56.9 Å². The fourth-order valence-corrected chi connectivity index (χ4v) is 3.93. The number of hydrogen-bond donors (Lipinski definition) is 0. The van der Waals surface area contributed by atoms with Crippen LogP contribution in [0.2, 0.25) is 5.02 Å². The van der Waals surface area contributed by atoms with Gasteiger partial charge in [0.2, 0.25) is 0 Å². The number of anilines is 1. The number of piperazine rings is 1. The molecule has 0 N–H and O–H groups in total. The highest BCUT2D eigenvalue weighted by atomic mass is 35.5. The predicted molar refractivity (Wildman–Crippen MR) is 120 cm³/mol. The molecule has 0 unspecified atom stereocenters. The van der Waals surface area contributed by atoms with Crippen LogP contribution in [0.4, 0.5) is 5.82 Å². The molecule has 2 aromatic heterocycles. The lowest BCUT2D eigenvalue weighted by Crippen LogP contribution is -2.49. The molecular formula is C23H19ClN6O. The van der Waals surface area contributed by atoms with Crippen LogP contribution in [0.25, 0.3) is 22.3 Å². The van der Waals surface area contributed by atoms with Crippen molar-refractivity contribution in [2.24, 2.45) is 0 Å². The zero-order valence-corrected chi connectivity index (χ0v) is 17.4. The third-order valence-corrected chi connectivity index (χ3v) is 5.58. The summed E-state index contributed by atoms with van der Waals surface area (Å²) in [5.74, 6) is 1.45. The summed E-state index contributed by atoms with van der Waals surface area (Å²) in [6.45, 7) is 2.49. The molecule has 0 spiro atoms. The Balaban J connectivity index is 1.46. The second kappa shape index (κ2) is 8.28. The summed E-state index contributed by atoms with van der Waals surface area (Å²) in [5, 5.41) is 1.55. The van der Waals surface area contributed by atoms with Crippen molar-refractivity contribution in [3.63, 3.8) is 0 Å². The standard InChI is InChI=1S/C23H19ClN6O/c24-18-6-7-20-19(12-18)22(28-21(27-20)16-4-2-1-3-5-16)29-8-10-30(11-9-29)23(31)17-13-25-15-26-14-17/h1-7,12-15H,8-11H2. The van der Waals surface area contributed by atoms with Gasteiger partial charge in [0.15, 0.2) is 5.82 Å². The highest BCUT2D eigenvalue weighted by Crippen LogP contribution is 2.30. The zero-order valence-electron chi connectivity index (χ0n) is 16.6. The van der Waals surface area contributed by atoms with Gasteiger partial charge < -0.3 is 9.80 Å². The molecule has 1 saturated heterocycles. The minimum atomic E-state index is -0.0548. The first-order valence-corrected chi connectivity index (χ1v) is 10.4. The van der Waals surface area contributed by atoms with Gasteiger partial charge in [-0.3, -0.25) is 4.79 Å². The van der Waals surface area contributed by atoms with Crippen LogP contribution in [0.3, 0.4) is 0 Å². The largest absolute Gasteiger partial charge is 0.352 e. The molecule has 5 rings (SSSR count). The molecule has 4 aromatic rings. The van der Waals surface area contributed by atoms with E-state index >= 15 is 0 Å². The molecule has 3 heterocycles. The zero-order chi connectivity index (χ0) is 21.2. The van der Waals surface area contributed by atoms with Crippen molar-refractivity contribution in [3.8, 4) is 11.4 Å². The fraction of sp³-hybridized carbons (Fsp3) is 0.174. The topological polar surface area (TPSA) is 75.1 Å². The molecule has 0 radical (unpaired) electrons. The van der Waals surface area contributed by atoms with E-state index in [-0.39, 0.29) is 5.91 Å². The SMILES string of the molecule is O=C(c1cncnc1)N1CCN(c2nc(-c3ccccc3)nc3ccc(Cl)cc23)CC1. The minimum Gasteiger partial charge on any atom is -0.352 e. The van der Waals surface area contributed by atoms with Gasteiger partial charge in [0.1, 0.15) is 12.1 Å². The Morgan fingerprint density at radius 2 is 1.65 bits per heavy atom. The van der Waals surface area contributed by atoms with Gasteiger partial charge in [0.25, 0.3) is 5.91 Å². The maximum atomic E-state index is 12.7. The van der Waals surface area contributed by atoms with Gasteiger partial charge in [-0.1, -0.05) is 41.9 Å². The van der Waals surface area contributed by atoms with Gasteiger partial charge in [-0.05, 0) is 18.2 Å². The van der Waals surface area contributed by atoms with E-state index in [9.17, 15) is 4.79 Å². The van der Waals surface area contributed by atoms with E-state index in [0.717, 1.165) is 22.3 Å². The van der Waals surface area contributed by atoms with Crippen LogP contribution in [0.5, 0.6) is 0 Å². The average Bonchev–Trinajstić information content (AvgIpc) is 2.84. The Bertz CT molecular complexity index is 1230. The number of aromatic nitrogens is 4. The van der Waals surface area contributed by atoms with E-state index < -0.39 is 0 Å². The lowest BCUT2D eigenvalue weighted by molar-refractivity contribution is 0.0745. The van der Waals surface area contributed by atoms with Crippen LogP contribution in [0.1, 0.15) is 10.4 Å². The number of nitrogens with zero attached hydrogens (tertiary/aromatic N) is 6. The molecule has 1 aliphatic heterocycles. The Hall–Kier alpha value is -3.58. The smallest absolute Gasteiger partial charge is 0.257 e. The molecule has 0 aliphatic carbocycles. The molecule has 154 valence electrons. The van der Waals surface area contributed by atoms with Crippen LogP contribution in [0.15, 0.2) is 67.3 Å². The first-order valence-electron chi connectivity index (χ1n) is 10.0. The van der Waals surface area contributed by atoms with Gasteiger partial charge in [-0.25, -0.2) is 19.9 Å². The summed E-state index contributed by atoms with van der Waals surface area (Å²) in [7, 11) is 0. The van der Waals surface area contributed by atoms with Crippen LogP contribution >= 0.6 is 11.6 Å². The number of fused-ring (bicyclic) bond motifs is 1. The first kappa shape index (κ1) is 19.4. The van der Waals surface area contributed by atoms with Gasteiger partial charge in [-0.2, -0.15) is 0 Å². The molecule has 1 fully saturated rings. The molecule has 7 nitrogen and oxygen atoms in total. The monoisotopic (exact) mass is 430 g/mol. The number of hydrogen-bond acceptors (Lipinski definition) is 6. The minimum absolute atomic E-state index is 0.0548.